The van der Waals surface area contributed by atoms with Crippen LogP contribution in [0.4, 0.5) is 0 Å². The minimum Gasteiger partial charge on any atom is -0.338 e. The predicted molar refractivity (Wildman–Crippen MR) is 70.2 cm³/mol. The highest BCUT2D eigenvalue weighted by Gasteiger charge is 2.29. The summed E-state index contributed by atoms with van der Waals surface area (Å²) >= 11 is 0. The second-order valence-corrected chi connectivity index (χ2v) is 5.39. The van der Waals surface area contributed by atoms with Crippen LogP contribution in [0.15, 0.2) is 4.52 Å². The zero-order chi connectivity index (χ0) is 11.7. The Balaban J connectivity index is 0.00000120. The Morgan fingerprint density at radius 1 is 1.17 bits per heavy atom. The lowest BCUT2D eigenvalue weighted by Crippen LogP contribution is -2.28. The van der Waals surface area contributed by atoms with Gasteiger partial charge in [-0.05, 0) is 37.5 Å². The van der Waals surface area contributed by atoms with E-state index in [4.69, 9.17) is 10.3 Å². The van der Waals surface area contributed by atoms with Crippen molar-refractivity contribution in [2.45, 2.75) is 38.8 Å². The number of aromatic nitrogens is 2. The van der Waals surface area contributed by atoms with E-state index in [0.29, 0.717) is 12.4 Å². The minimum absolute atomic E-state index is 0. The fraction of sp³-hybridized carbons (Fsp3) is 0.833. The van der Waals surface area contributed by atoms with Crippen LogP contribution in [-0.4, -0.2) is 28.1 Å². The molecule has 0 bridgehead atoms. The van der Waals surface area contributed by atoms with Crippen molar-refractivity contribution >= 4 is 12.4 Å². The Labute approximate surface area is 114 Å². The van der Waals surface area contributed by atoms with Gasteiger partial charge in [0, 0.05) is 13.1 Å². The van der Waals surface area contributed by atoms with Gasteiger partial charge in [-0.2, -0.15) is 4.98 Å². The largest absolute Gasteiger partial charge is 0.338 e. The van der Waals surface area contributed by atoms with Gasteiger partial charge in [0.15, 0.2) is 5.82 Å². The maximum atomic E-state index is 5.47. The average molecular weight is 273 g/mol. The summed E-state index contributed by atoms with van der Waals surface area (Å²) in [6.07, 6.45) is 5.56. The molecule has 0 spiro atoms. The van der Waals surface area contributed by atoms with E-state index < -0.39 is 0 Å². The molecule has 2 fully saturated rings. The van der Waals surface area contributed by atoms with E-state index in [2.05, 4.69) is 15.0 Å². The third kappa shape index (κ3) is 3.93. The summed E-state index contributed by atoms with van der Waals surface area (Å²) in [6.45, 7) is 3.54. The molecule has 0 aliphatic heterocycles. The highest BCUT2D eigenvalue weighted by atomic mass is 35.5. The summed E-state index contributed by atoms with van der Waals surface area (Å²) in [5.41, 5.74) is 5.47. The molecule has 0 radical (unpaired) electrons. The molecular weight excluding hydrogens is 252 g/mol. The molecule has 0 saturated heterocycles. The monoisotopic (exact) mass is 272 g/mol. The first-order valence-corrected chi connectivity index (χ1v) is 6.57. The molecule has 2 aliphatic carbocycles. The van der Waals surface area contributed by atoms with Gasteiger partial charge in [-0.25, -0.2) is 0 Å². The van der Waals surface area contributed by atoms with Gasteiger partial charge in [0.1, 0.15) is 0 Å². The standard InChI is InChI=1S/C12H20N4O.ClH/c13-5-12-14-11(15-17-12)8-16(6-9-1-2-9)7-10-3-4-10;/h9-10H,1-8,13H2;1H. The quantitative estimate of drug-likeness (QED) is 0.816. The first-order chi connectivity index (χ1) is 8.33. The van der Waals surface area contributed by atoms with Crippen molar-refractivity contribution in [1.29, 1.82) is 0 Å². The van der Waals surface area contributed by atoms with Crippen molar-refractivity contribution in [3.8, 4) is 0 Å². The van der Waals surface area contributed by atoms with Gasteiger partial charge in [0.25, 0.3) is 0 Å². The maximum Gasteiger partial charge on any atom is 0.240 e. The lowest BCUT2D eigenvalue weighted by molar-refractivity contribution is 0.234. The molecule has 0 aromatic carbocycles. The normalized spacial score (nSPS) is 19.0. The van der Waals surface area contributed by atoms with Crippen LogP contribution in [0.1, 0.15) is 37.4 Å². The van der Waals surface area contributed by atoms with Crippen LogP contribution in [-0.2, 0) is 13.1 Å². The van der Waals surface area contributed by atoms with Crippen molar-refractivity contribution in [2.75, 3.05) is 13.1 Å². The van der Waals surface area contributed by atoms with Crippen LogP contribution < -0.4 is 5.73 Å². The van der Waals surface area contributed by atoms with Crippen molar-refractivity contribution in [3.63, 3.8) is 0 Å². The molecule has 1 heterocycles. The van der Waals surface area contributed by atoms with Crippen LogP contribution in [0, 0.1) is 11.8 Å². The van der Waals surface area contributed by atoms with Gasteiger partial charge < -0.3 is 10.3 Å². The van der Waals surface area contributed by atoms with E-state index in [9.17, 15) is 0 Å². The molecule has 6 heteroatoms. The summed E-state index contributed by atoms with van der Waals surface area (Å²) < 4.78 is 5.04. The van der Waals surface area contributed by atoms with Crippen LogP contribution in [0.25, 0.3) is 0 Å². The van der Waals surface area contributed by atoms with Crippen molar-refractivity contribution in [1.82, 2.24) is 15.0 Å². The number of hydrogen-bond donors (Lipinski definition) is 1. The average Bonchev–Trinajstić information content (AvgIpc) is 3.22. The highest BCUT2D eigenvalue weighted by Crippen LogP contribution is 2.34. The van der Waals surface area contributed by atoms with E-state index in [1.54, 1.807) is 0 Å². The summed E-state index contributed by atoms with van der Waals surface area (Å²) in [4.78, 5) is 6.77. The second kappa shape index (κ2) is 5.99. The van der Waals surface area contributed by atoms with Crippen LogP contribution in [0.5, 0.6) is 0 Å². The molecule has 0 amide bonds. The first-order valence-electron chi connectivity index (χ1n) is 6.57. The molecule has 18 heavy (non-hydrogen) atoms. The van der Waals surface area contributed by atoms with E-state index in [1.165, 1.54) is 38.8 Å². The summed E-state index contributed by atoms with van der Waals surface area (Å²) in [5.74, 6) is 3.15. The molecule has 2 N–H and O–H groups in total. The molecule has 2 saturated carbocycles. The van der Waals surface area contributed by atoms with Gasteiger partial charge >= 0.3 is 0 Å². The predicted octanol–water partition coefficient (Wildman–Crippen LogP) is 1.57. The van der Waals surface area contributed by atoms with Crippen LogP contribution in [0.2, 0.25) is 0 Å². The lowest BCUT2D eigenvalue weighted by Gasteiger charge is -2.19. The Hall–Kier alpha value is -0.650. The van der Waals surface area contributed by atoms with Crippen molar-refractivity contribution in [3.05, 3.63) is 11.7 Å². The molecule has 0 unspecified atom stereocenters. The molecule has 2 aliphatic rings. The smallest absolute Gasteiger partial charge is 0.240 e. The lowest BCUT2D eigenvalue weighted by atomic mass is 10.3. The van der Waals surface area contributed by atoms with Gasteiger partial charge in [-0.15, -0.1) is 12.4 Å². The van der Waals surface area contributed by atoms with Gasteiger partial charge in [0.05, 0.1) is 13.1 Å². The van der Waals surface area contributed by atoms with Gasteiger partial charge in [0.2, 0.25) is 5.89 Å². The Bertz CT molecular complexity index is 362. The summed E-state index contributed by atoms with van der Waals surface area (Å²) in [6, 6.07) is 0. The van der Waals surface area contributed by atoms with Crippen LogP contribution >= 0.6 is 12.4 Å². The van der Waals surface area contributed by atoms with E-state index in [-0.39, 0.29) is 12.4 Å². The van der Waals surface area contributed by atoms with E-state index in [0.717, 1.165) is 24.2 Å². The topological polar surface area (TPSA) is 68.2 Å². The SMILES string of the molecule is Cl.NCc1nc(CN(CC2CC2)CC2CC2)no1. The second-order valence-electron chi connectivity index (χ2n) is 5.39. The number of hydrogen-bond acceptors (Lipinski definition) is 5. The van der Waals surface area contributed by atoms with E-state index in [1.807, 2.05) is 0 Å². The molecule has 0 atom stereocenters. The number of rotatable bonds is 7. The molecule has 5 nitrogen and oxygen atoms in total. The van der Waals surface area contributed by atoms with Crippen molar-refractivity contribution in [2.24, 2.45) is 17.6 Å². The Kier molecular flexibility index (Phi) is 4.59. The fourth-order valence-electron chi connectivity index (χ4n) is 2.17. The number of nitrogens with zero attached hydrogens (tertiary/aromatic N) is 3. The number of halogens is 1. The molecule has 3 rings (SSSR count). The maximum absolute atomic E-state index is 5.47. The number of nitrogens with two attached hydrogens (primary N) is 1. The zero-order valence-electron chi connectivity index (χ0n) is 10.5. The third-order valence-corrected chi connectivity index (χ3v) is 3.48. The first kappa shape index (κ1) is 13.8. The van der Waals surface area contributed by atoms with E-state index >= 15 is 0 Å². The highest BCUT2D eigenvalue weighted by molar-refractivity contribution is 5.85. The molecule has 1 aromatic rings. The summed E-state index contributed by atoms with van der Waals surface area (Å²) in [7, 11) is 0. The van der Waals surface area contributed by atoms with Gasteiger partial charge in [-0.3, -0.25) is 4.90 Å². The third-order valence-electron chi connectivity index (χ3n) is 3.48. The fourth-order valence-corrected chi connectivity index (χ4v) is 2.17. The Morgan fingerprint density at radius 2 is 1.78 bits per heavy atom. The Morgan fingerprint density at radius 3 is 2.22 bits per heavy atom. The zero-order valence-corrected chi connectivity index (χ0v) is 11.4. The minimum atomic E-state index is 0. The molecular formula is C12H21ClN4O. The molecule has 1 aromatic heterocycles. The van der Waals surface area contributed by atoms with Crippen LogP contribution in [0.3, 0.4) is 0 Å². The molecule has 102 valence electrons. The van der Waals surface area contributed by atoms with Gasteiger partial charge in [-0.1, -0.05) is 5.16 Å². The van der Waals surface area contributed by atoms with Crippen molar-refractivity contribution < 1.29 is 4.52 Å². The summed E-state index contributed by atoms with van der Waals surface area (Å²) in [5, 5.41) is 3.97.